The Bertz CT molecular complexity index is 265. The van der Waals surface area contributed by atoms with E-state index in [9.17, 15) is 0 Å². The SMILES string of the molecule is CCc1cc(NC(C)CO)ncn1. The van der Waals surface area contributed by atoms with Crippen LogP contribution >= 0.6 is 0 Å². The van der Waals surface area contributed by atoms with Crippen LogP contribution in [0, 0.1) is 0 Å². The lowest BCUT2D eigenvalue weighted by Crippen LogP contribution is -2.20. The lowest BCUT2D eigenvalue weighted by molar-refractivity contribution is 0.281. The van der Waals surface area contributed by atoms with Crippen LogP contribution in [0.4, 0.5) is 5.82 Å². The summed E-state index contributed by atoms with van der Waals surface area (Å²) in [6.45, 7) is 4.04. The minimum atomic E-state index is 0.0274. The quantitative estimate of drug-likeness (QED) is 0.722. The molecule has 0 aromatic carbocycles. The van der Waals surface area contributed by atoms with Gasteiger partial charge in [0.2, 0.25) is 0 Å². The van der Waals surface area contributed by atoms with Gasteiger partial charge in [-0.2, -0.15) is 0 Å². The zero-order chi connectivity index (χ0) is 9.68. The first-order valence-corrected chi connectivity index (χ1v) is 4.44. The highest BCUT2D eigenvalue weighted by molar-refractivity contribution is 5.35. The third kappa shape index (κ3) is 2.99. The summed E-state index contributed by atoms with van der Waals surface area (Å²) in [5, 5.41) is 11.9. The summed E-state index contributed by atoms with van der Waals surface area (Å²) in [6, 6.07) is 1.92. The van der Waals surface area contributed by atoms with Gasteiger partial charge in [0.1, 0.15) is 12.1 Å². The molecule has 0 aliphatic carbocycles. The Kier molecular flexibility index (Phi) is 3.64. The first-order chi connectivity index (χ1) is 6.26. The van der Waals surface area contributed by atoms with Crippen molar-refractivity contribution < 1.29 is 5.11 Å². The van der Waals surface area contributed by atoms with Crippen molar-refractivity contribution in [3.05, 3.63) is 18.1 Å². The standard InChI is InChI=1S/C9H15N3O/c1-3-8-4-9(11-6-10-8)12-7(2)5-13/h4,6-7,13H,3,5H2,1-2H3,(H,10,11,12). The fourth-order valence-electron chi connectivity index (χ4n) is 0.968. The number of anilines is 1. The predicted molar refractivity (Wildman–Crippen MR) is 51.6 cm³/mol. The van der Waals surface area contributed by atoms with Crippen molar-refractivity contribution >= 4 is 5.82 Å². The smallest absolute Gasteiger partial charge is 0.129 e. The van der Waals surface area contributed by atoms with Gasteiger partial charge < -0.3 is 10.4 Å². The van der Waals surface area contributed by atoms with Crippen molar-refractivity contribution in [1.82, 2.24) is 9.97 Å². The number of aromatic nitrogens is 2. The molecule has 0 aliphatic heterocycles. The van der Waals surface area contributed by atoms with Gasteiger partial charge >= 0.3 is 0 Å². The molecule has 0 fully saturated rings. The van der Waals surface area contributed by atoms with E-state index < -0.39 is 0 Å². The molecule has 0 bridgehead atoms. The second-order valence-corrected chi connectivity index (χ2v) is 2.98. The van der Waals surface area contributed by atoms with Gasteiger partial charge in [0, 0.05) is 17.8 Å². The highest BCUT2D eigenvalue weighted by Gasteiger charge is 2.01. The monoisotopic (exact) mass is 181 g/mol. The number of nitrogens with one attached hydrogen (secondary N) is 1. The maximum absolute atomic E-state index is 8.82. The van der Waals surface area contributed by atoms with E-state index in [0.29, 0.717) is 0 Å². The summed E-state index contributed by atoms with van der Waals surface area (Å²) in [5.41, 5.74) is 1.00. The molecule has 0 radical (unpaired) electrons. The van der Waals surface area contributed by atoms with Crippen molar-refractivity contribution in [1.29, 1.82) is 0 Å². The number of hydrogen-bond donors (Lipinski definition) is 2. The second kappa shape index (κ2) is 4.77. The Morgan fingerprint density at radius 1 is 1.54 bits per heavy atom. The van der Waals surface area contributed by atoms with Gasteiger partial charge in [-0.05, 0) is 13.3 Å². The van der Waals surface area contributed by atoms with Gasteiger partial charge in [0.15, 0.2) is 0 Å². The molecule has 0 saturated heterocycles. The summed E-state index contributed by atoms with van der Waals surface area (Å²) in [6.07, 6.45) is 2.43. The largest absolute Gasteiger partial charge is 0.394 e. The molecule has 0 spiro atoms. The molecule has 72 valence electrons. The number of aryl methyl sites for hydroxylation is 1. The minimum absolute atomic E-state index is 0.0274. The topological polar surface area (TPSA) is 58.0 Å². The number of nitrogens with zero attached hydrogens (tertiary/aromatic N) is 2. The summed E-state index contributed by atoms with van der Waals surface area (Å²) in [5.74, 6) is 0.772. The fourth-order valence-corrected chi connectivity index (χ4v) is 0.968. The summed E-state index contributed by atoms with van der Waals surface area (Å²) in [4.78, 5) is 8.12. The van der Waals surface area contributed by atoms with Crippen LogP contribution in [0.5, 0.6) is 0 Å². The van der Waals surface area contributed by atoms with Crippen LogP contribution < -0.4 is 5.32 Å². The van der Waals surface area contributed by atoms with Gasteiger partial charge in [-0.25, -0.2) is 9.97 Å². The number of rotatable bonds is 4. The molecule has 13 heavy (non-hydrogen) atoms. The van der Waals surface area contributed by atoms with E-state index in [1.165, 1.54) is 6.33 Å². The van der Waals surface area contributed by atoms with Gasteiger partial charge in [-0.3, -0.25) is 0 Å². The molecular weight excluding hydrogens is 166 g/mol. The molecule has 1 rings (SSSR count). The van der Waals surface area contributed by atoms with Crippen LogP contribution in [0.1, 0.15) is 19.5 Å². The van der Waals surface area contributed by atoms with E-state index in [1.807, 2.05) is 19.9 Å². The first-order valence-electron chi connectivity index (χ1n) is 4.44. The Morgan fingerprint density at radius 2 is 2.31 bits per heavy atom. The van der Waals surface area contributed by atoms with Crippen LogP contribution in [0.15, 0.2) is 12.4 Å². The van der Waals surface area contributed by atoms with Crippen molar-refractivity contribution in [3.8, 4) is 0 Å². The zero-order valence-corrected chi connectivity index (χ0v) is 7.99. The minimum Gasteiger partial charge on any atom is -0.394 e. The van der Waals surface area contributed by atoms with Crippen LogP contribution in [0.25, 0.3) is 0 Å². The van der Waals surface area contributed by atoms with Gasteiger partial charge in [0.25, 0.3) is 0 Å². The molecule has 1 unspecified atom stereocenters. The fraction of sp³-hybridized carbons (Fsp3) is 0.556. The lowest BCUT2D eigenvalue weighted by atomic mass is 10.3. The van der Waals surface area contributed by atoms with E-state index in [0.717, 1.165) is 17.9 Å². The molecule has 4 heteroatoms. The molecule has 1 aromatic heterocycles. The third-order valence-corrected chi connectivity index (χ3v) is 1.75. The van der Waals surface area contributed by atoms with Crippen LogP contribution in [-0.2, 0) is 6.42 Å². The molecule has 4 nitrogen and oxygen atoms in total. The van der Waals surface area contributed by atoms with E-state index in [1.54, 1.807) is 0 Å². The maximum Gasteiger partial charge on any atom is 0.129 e. The van der Waals surface area contributed by atoms with Crippen LogP contribution in [-0.4, -0.2) is 27.7 Å². The number of hydrogen-bond acceptors (Lipinski definition) is 4. The summed E-state index contributed by atoms with van der Waals surface area (Å²) >= 11 is 0. The summed E-state index contributed by atoms with van der Waals surface area (Å²) in [7, 11) is 0. The number of aliphatic hydroxyl groups is 1. The first kappa shape index (κ1) is 9.92. The van der Waals surface area contributed by atoms with Crippen molar-refractivity contribution in [3.63, 3.8) is 0 Å². The second-order valence-electron chi connectivity index (χ2n) is 2.98. The Labute approximate surface area is 78.0 Å². The van der Waals surface area contributed by atoms with E-state index >= 15 is 0 Å². The van der Waals surface area contributed by atoms with Crippen molar-refractivity contribution in [2.75, 3.05) is 11.9 Å². The van der Waals surface area contributed by atoms with Crippen LogP contribution in [0.3, 0.4) is 0 Å². The average Bonchev–Trinajstić information content (AvgIpc) is 2.18. The molecule has 2 N–H and O–H groups in total. The van der Waals surface area contributed by atoms with E-state index in [4.69, 9.17) is 5.11 Å². The predicted octanol–water partition coefficient (Wildman–Crippen LogP) is 0.832. The van der Waals surface area contributed by atoms with Gasteiger partial charge in [-0.1, -0.05) is 6.92 Å². The molecule has 1 aromatic rings. The molecule has 1 heterocycles. The zero-order valence-electron chi connectivity index (χ0n) is 7.99. The highest BCUT2D eigenvalue weighted by Crippen LogP contribution is 2.05. The maximum atomic E-state index is 8.82. The van der Waals surface area contributed by atoms with Gasteiger partial charge in [0.05, 0.1) is 6.61 Å². The third-order valence-electron chi connectivity index (χ3n) is 1.75. The van der Waals surface area contributed by atoms with E-state index in [-0.39, 0.29) is 12.6 Å². The Balaban J connectivity index is 2.66. The average molecular weight is 181 g/mol. The molecular formula is C9H15N3O. The van der Waals surface area contributed by atoms with Crippen molar-refractivity contribution in [2.45, 2.75) is 26.3 Å². The normalized spacial score (nSPS) is 12.5. The van der Waals surface area contributed by atoms with Gasteiger partial charge in [-0.15, -0.1) is 0 Å². The van der Waals surface area contributed by atoms with Crippen molar-refractivity contribution in [2.24, 2.45) is 0 Å². The highest BCUT2D eigenvalue weighted by atomic mass is 16.3. The van der Waals surface area contributed by atoms with Crippen LogP contribution in [0.2, 0.25) is 0 Å². The number of aliphatic hydroxyl groups excluding tert-OH is 1. The Hall–Kier alpha value is -1.16. The summed E-state index contributed by atoms with van der Waals surface area (Å²) < 4.78 is 0. The Morgan fingerprint density at radius 3 is 2.92 bits per heavy atom. The lowest BCUT2D eigenvalue weighted by Gasteiger charge is -2.11. The molecule has 0 aliphatic rings. The van der Waals surface area contributed by atoms with E-state index in [2.05, 4.69) is 15.3 Å². The molecule has 1 atom stereocenters. The molecule has 0 amide bonds. The molecule has 0 saturated carbocycles.